The van der Waals surface area contributed by atoms with E-state index in [1.807, 2.05) is 97.1 Å². The van der Waals surface area contributed by atoms with Crippen LogP contribution in [0.1, 0.15) is 11.1 Å². The molecule has 1 atom stereocenters. The standard InChI is InChI=1S/C28H29BN2O5/c30-21-22-32-27(31)28(23-13-5-1-6-14-23,24-15-7-2-8-16-24)35-36-29(33-25-17-9-3-10-18-25)34-26-19-11-4-12-20-26/h1-20,27H,21-22,30-31H2. The smallest absolute Gasteiger partial charge is 0.499 e. The number of ether oxygens (including phenoxy) is 1. The molecule has 4 aromatic carbocycles. The summed E-state index contributed by atoms with van der Waals surface area (Å²) in [5.41, 5.74) is 12.4. The monoisotopic (exact) mass is 484 g/mol. The molecule has 0 radical (unpaired) electrons. The molecule has 0 saturated carbocycles. The molecule has 184 valence electrons. The van der Waals surface area contributed by atoms with Gasteiger partial charge in [0, 0.05) is 6.54 Å². The van der Waals surface area contributed by atoms with Crippen molar-refractivity contribution in [2.24, 2.45) is 11.5 Å². The molecule has 0 heterocycles. The fourth-order valence-corrected chi connectivity index (χ4v) is 3.72. The van der Waals surface area contributed by atoms with Gasteiger partial charge in [0.2, 0.25) is 0 Å². The molecule has 8 heteroatoms. The first kappa shape index (κ1) is 25.4. The summed E-state index contributed by atoms with van der Waals surface area (Å²) >= 11 is 0. The number of nitrogens with two attached hydrogens (primary N) is 2. The molecule has 0 amide bonds. The third-order valence-corrected chi connectivity index (χ3v) is 5.43. The number of benzene rings is 4. The van der Waals surface area contributed by atoms with Gasteiger partial charge in [0.1, 0.15) is 17.7 Å². The zero-order valence-electron chi connectivity index (χ0n) is 19.8. The predicted molar refractivity (Wildman–Crippen MR) is 139 cm³/mol. The van der Waals surface area contributed by atoms with Crippen molar-refractivity contribution in [3.8, 4) is 11.5 Å². The van der Waals surface area contributed by atoms with E-state index in [9.17, 15) is 0 Å². The van der Waals surface area contributed by atoms with E-state index in [0.717, 1.165) is 11.1 Å². The minimum Gasteiger partial charge on any atom is -0.499 e. The molecule has 0 fully saturated rings. The number of hydrogen-bond donors (Lipinski definition) is 2. The van der Waals surface area contributed by atoms with Crippen molar-refractivity contribution in [3.63, 3.8) is 0 Å². The Hall–Kier alpha value is -3.66. The van der Waals surface area contributed by atoms with Gasteiger partial charge in [-0.1, -0.05) is 97.1 Å². The van der Waals surface area contributed by atoms with Gasteiger partial charge in [0.05, 0.1) is 6.61 Å². The maximum absolute atomic E-state index is 6.63. The van der Waals surface area contributed by atoms with E-state index in [4.69, 9.17) is 35.2 Å². The summed E-state index contributed by atoms with van der Waals surface area (Å²) in [6, 6.07) is 37.3. The lowest BCUT2D eigenvalue weighted by molar-refractivity contribution is -0.328. The SMILES string of the molecule is NCCOC(N)C(OOB(Oc1ccccc1)Oc1ccccc1)(c1ccccc1)c1ccccc1. The van der Waals surface area contributed by atoms with Crippen molar-refractivity contribution >= 4 is 7.32 Å². The van der Waals surface area contributed by atoms with Crippen LogP contribution in [-0.2, 0) is 20.0 Å². The van der Waals surface area contributed by atoms with E-state index < -0.39 is 19.2 Å². The van der Waals surface area contributed by atoms with Crippen LogP contribution in [0.25, 0.3) is 0 Å². The summed E-state index contributed by atoms with van der Waals surface area (Å²) in [6.45, 7) is 0.529. The Morgan fingerprint density at radius 1 is 0.639 bits per heavy atom. The molecule has 0 aliphatic carbocycles. The van der Waals surface area contributed by atoms with Crippen LogP contribution in [0.2, 0.25) is 0 Å². The second-order valence-electron chi connectivity index (χ2n) is 7.88. The first-order valence-electron chi connectivity index (χ1n) is 11.7. The Balaban J connectivity index is 1.70. The summed E-state index contributed by atoms with van der Waals surface area (Å²) in [7, 11) is -1.26. The number of hydrogen-bond acceptors (Lipinski definition) is 7. The van der Waals surface area contributed by atoms with E-state index in [0.29, 0.717) is 18.0 Å². The lowest BCUT2D eigenvalue weighted by atomic mass is 9.84. The van der Waals surface area contributed by atoms with Crippen LogP contribution in [0.4, 0.5) is 0 Å². The van der Waals surface area contributed by atoms with Crippen molar-refractivity contribution < 1.29 is 23.7 Å². The van der Waals surface area contributed by atoms with Crippen LogP contribution in [0.15, 0.2) is 121 Å². The van der Waals surface area contributed by atoms with Crippen molar-refractivity contribution in [1.29, 1.82) is 0 Å². The van der Waals surface area contributed by atoms with Crippen LogP contribution in [0, 0.1) is 0 Å². The Bertz CT molecular complexity index is 1070. The molecule has 0 bridgehead atoms. The van der Waals surface area contributed by atoms with Gasteiger partial charge in [0.25, 0.3) is 0 Å². The molecule has 0 aliphatic rings. The summed E-state index contributed by atoms with van der Waals surface area (Å²) in [4.78, 5) is 12.1. The number of rotatable bonds is 13. The predicted octanol–water partition coefficient (Wildman–Crippen LogP) is 4.28. The zero-order chi connectivity index (χ0) is 25.1. The minimum atomic E-state index is -1.37. The van der Waals surface area contributed by atoms with Gasteiger partial charge in [-0.25, -0.2) is 9.69 Å². The van der Waals surface area contributed by atoms with Crippen LogP contribution in [0.5, 0.6) is 11.5 Å². The Labute approximate surface area is 211 Å². The lowest BCUT2D eigenvalue weighted by Crippen LogP contribution is -2.52. The van der Waals surface area contributed by atoms with Crippen LogP contribution < -0.4 is 20.8 Å². The van der Waals surface area contributed by atoms with E-state index in [1.165, 1.54) is 0 Å². The van der Waals surface area contributed by atoms with Gasteiger partial charge in [-0.2, -0.15) is 0 Å². The molecular weight excluding hydrogens is 455 g/mol. The lowest BCUT2D eigenvalue weighted by Gasteiger charge is -2.38. The number of para-hydroxylation sites is 2. The van der Waals surface area contributed by atoms with E-state index >= 15 is 0 Å². The third kappa shape index (κ3) is 6.31. The molecule has 4 aromatic rings. The van der Waals surface area contributed by atoms with Gasteiger partial charge in [-0.15, -0.1) is 0 Å². The van der Waals surface area contributed by atoms with Gasteiger partial charge >= 0.3 is 7.32 Å². The third-order valence-electron chi connectivity index (χ3n) is 5.43. The summed E-state index contributed by atoms with van der Waals surface area (Å²) in [6.07, 6.45) is -0.972. The van der Waals surface area contributed by atoms with Crippen molar-refractivity contribution in [3.05, 3.63) is 132 Å². The molecule has 4 rings (SSSR count). The van der Waals surface area contributed by atoms with Crippen LogP contribution in [0.3, 0.4) is 0 Å². The highest BCUT2D eigenvalue weighted by atomic mass is 17.2. The molecule has 7 nitrogen and oxygen atoms in total. The highest BCUT2D eigenvalue weighted by molar-refractivity contribution is 6.38. The highest BCUT2D eigenvalue weighted by Crippen LogP contribution is 2.37. The Kier molecular flexibility index (Phi) is 9.10. The first-order chi connectivity index (χ1) is 17.7. The molecule has 0 aromatic heterocycles. The summed E-state index contributed by atoms with van der Waals surface area (Å²) in [5.74, 6) is 1.08. The van der Waals surface area contributed by atoms with Gasteiger partial charge in [-0.05, 0) is 35.4 Å². The van der Waals surface area contributed by atoms with Crippen molar-refractivity contribution in [2.45, 2.75) is 11.8 Å². The van der Waals surface area contributed by atoms with E-state index in [1.54, 1.807) is 24.3 Å². The molecule has 4 N–H and O–H groups in total. The highest BCUT2D eigenvalue weighted by Gasteiger charge is 2.46. The second kappa shape index (κ2) is 12.9. The van der Waals surface area contributed by atoms with E-state index in [-0.39, 0.29) is 6.61 Å². The van der Waals surface area contributed by atoms with Gasteiger partial charge in [-0.3, -0.25) is 0 Å². The van der Waals surface area contributed by atoms with E-state index in [2.05, 4.69) is 0 Å². The quantitative estimate of drug-likeness (QED) is 0.127. The maximum Gasteiger partial charge on any atom is 0.816 e. The summed E-state index contributed by atoms with van der Waals surface area (Å²) in [5, 5.41) is 0. The molecular formula is C28H29BN2O5. The topological polar surface area (TPSA) is 98.2 Å². The van der Waals surface area contributed by atoms with Crippen molar-refractivity contribution in [1.82, 2.24) is 0 Å². The summed E-state index contributed by atoms with van der Waals surface area (Å²) < 4.78 is 17.9. The fraction of sp³-hybridized carbons (Fsp3) is 0.143. The Morgan fingerprint density at radius 2 is 1.06 bits per heavy atom. The second-order valence-corrected chi connectivity index (χ2v) is 7.88. The zero-order valence-corrected chi connectivity index (χ0v) is 19.8. The molecule has 36 heavy (non-hydrogen) atoms. The van der Waals surface area contributed by atoms with Crippen molar-refractivity contribution in [2.75, 3.05) is 13.2 Å². The molecule has 1 unspecified atom stereocenters. The maximum atomic E-state index is 6.63. The molecule has 0 saturated heterocycles. The fourth-order valence-electron chi connectivity index (χ4n) is 3.72. The molecule has 0 aliphatic heterocycles. The Morgan fingerprint density at radius 3 is 1.47 bits per heavy atom. The first-order valence-corrected chi connectivity index (χ1v) is 11.7. The normalized spacial score (nSPS) is 12.1. The average molecular weight is 484 g/mol. The largest absolute Gasteiger partial charge is 0.816 e. The molecule has 0 spiro atoms. The van der Waals surface area contributed by atoms with Crippen LogP contribution in [-0.4, -0.2) is 26.7 Å². The van der Waals surface area contributed by atoms with Gasteiger partial charge < -0.3 is 25.5 Å². The average Bonchev–Trinajstić information content (AvgIpc) is 2.94. The van der Waals surface area contributed by atoms with Gasteiger partial charge in [0.15, 0.2) is 5.60 Å². The van der Waals surface area contributed by atoms with Crippen LogP contribution >= 0.6 is 0 Å². The minimum absolute atomic E-state index is 0.233.